The number of hydrogen-bond donors (Lipinski definition) is 0. The zero-order chi connectivity index (χ0) is 20.9. The van der Waals surface area contributed by atoms with Crippen LogP contribution in [0.25, 0.3) is 0 Å². The van der Waals surface area contributed by atoms with Gasteiger partial charge in [0, 0.05) is 31.4 Å². The van der Waals surface area contributed by atoms with Gasteiger partial charge in [0.1, 0.15) is 5.75 Å². The van der Waals surface area contributed by atoms with Crippen molar-refractivity contribution < 1.29 is 9.47 Å². The molecule has 2 aromatic rings. The van der Waals surface area contributed by atoms with Gasteiger partial charge in [0.25, 0.3) is 0 Å². The van der Waals surface area contributed by atoms with Crippen molar-refractivity contribution in [1.82, 2.24) is 0 Å². The Morgan fingerprint density at radius 2 is 1.86 bits per heavy atom. The minimum absolute atomic E-state index is 0.170. The number of aliphatic imine (C=N–C) groups is 1. The highest BCUT2D eigenvalue weighted by molar-refractivity contribution is 6.32. The van der Waals surface area contributed by atoms with Crippen molar-refractivity contribution in [2.45, 2.75) is 46.6 Å². The van der Waals surface area contributed by atoms with E-state index in [-0.39, 0.29) is 5.41 Å². The Hall–Kier alpha value is -1.84. The van der Waals surface area contributed by atoms with Crippen molar-refractivity contribution in [3.05, 3.63) is 64.2 Å². The van der Waals surface area contributed by atoms with Gasteiger partial charge >= 0.3 is 0 Å². The third-order valence-corrected chi connectivity index (χ3v) is 6.37. The van der Waals surface area contributed by atoms with Crippen molar-refractivity contribution in [1.29, 1.82) is 0 Å². The molecule has 3 nitrogen and oxygen atoms in total. The average molecular weight is 414 g/mol. The van der Waals surface area contributed by atoms with E-state index in [1.165, 1.54) is 16.7 Å². The lowest BCUT2D eigenvalue weighted by molar-refractivity contribution is 0.172. The summed E-state index contributed by atoms with van der Waals surface area (Å²) in [6.45, 7) is 8.95. The fraction of sp³-hybridized carbons (Fsp3) is 0.480. The summed E-state index contributed by atoms with van der Waals surface area (Å²) < 4.78 is 11.0. The quantitative estimate of drug-likeness (QED) is 0.472. The van der Waals surface area contributed by atoms with Gasteiger partial charge in [0.2, 0.25) is 0 Å². The molecule has 0 spiro atoms. The molecule has 0 N–H and O–H groups in total. The number of methoxy groups -OCH3 is 1. The topological polar surface area (TPSA) is 30.8 Å². The van der Waals surface area contributed by atoms with Crippen LogP contribution in [0.5, 0.6) is 5.75 Å². The molecular weight excluding hydrogens is 382 g/mol. The Morgan fingerprint density at radius 1 is 1.10 bits per heavy atom. The molecule has 2 aromatic carbocycles. The van der Waals surface area contributed by atoms with Crippen molar-refractivity contribution >= 4 is 17.3 Å². The highest BCUT2D eigenvalue weighted by Crippen LogP contribution is 2.43. The molecule has 1 aliphatic rings. The summed E-state index contributed by atoms with van der Waals surface area (Å²) in [5.41, 5.74) is 5.00. The number of halogens is 1. The molecule has 0 amide bonds. The van der Waals surface area contributed by atoms with Gasteiger partial charge in [-0.25, -0.2) is 0 Å². The first kappa shape index (κ1) is 21.9. The highest BCUT2D eigenvalue weighted by atomic mass is 35.5. The Labute approximate surface area is 180 Å². The summed E-state index contributed by atoms with van der Waals surface area (Å²) in [6, 6.07) is 14.6. The van der Waals surface area contributed by atoms with Gasteiger partial charge in [-0.15, -0.1) is 0 Å². The molecule has 1 unspecified atom stereocenters. The number of rotatable bonds is 8. The Morgan fingerprint density at radius 3 is 2.55 bits per heavy atom. The molecule has 0 bridgehead atoms. The third-order valence-electron chi connectivity index (χ3n) is 6.07. The number of ether oxygens (including phenoxy) is 2. The zero-order valence-corrected chi connectivity index (χ0v) is 18.8. The van der Waals surface area contributed by atoms with E-state index in [0.717, 1.165) is 30.7 Å². The van der Waals surface area contributed by atoms with Crippen molar-refractivity contribution in [2.24, 2.45) is 16.3 Å². The van der Waals surface area contributed by atoms with Gasteiger partial charge in [-0.3, -0.25) is 4.99 Å². The van der Waals surface area contributed by atoms with E-state index in [9.17, 15) is 0 Å². The molecule has 1 aliphatic carbocycles. The van der Waals surface area contributed by atoms with Gasteiger partial charge in [-0.05, 0) is 47.4 Å². The smallest absolute Gasteiger partial charge is 0.138 e. The van der Waals surface area contributed by atoms with Crippen LogP contribution in [0.4, 0.5) is 0 Å². The first-order valence-electron chi connectivity index (χ1n) is 10.4. The summed E-state index contributed by atoms with van der Waals surface area (Å²) >= 11 is 6.58. The SMILES string of the molecule is COCCCOc1cc2c(cc1Cl)C(=NCc1ccccc1)CC(C)(C(C)C)C2. The lowest BCUT2D eigenvalue weighted by Gasteiger charge is -2.39. The number of nitrogens with zero attached hydrogens (tertiary/aromatic N) is 1. The number of benzene rings is 2. The predicted molar refractivity (Wildman–Crippen MR) is 121 cm³/mol. The van der Waals surface area contributed by atoms with Gasteiger partial charge < -0.3 is 9.47 Å². The second-order valence-electron chi connectivity index (χ2n) is 8.55. The second kappa shape index (κ2) is 9.77. The average Bonchev–Trinajstić information content (AvgIpc) is 2.71. The van der Waals surface area contributed by atoms with Crippen molar-refractivity contribution in [2.75, 3.05) is 20.3 Å². The summed E-state index contributed by atoms with van der Waals surface area (Å²) in [5, 5.41) is 0.654. The van der Waals surface area contributed by atoms with Crippen LogP contribution in [0.2, 0.25) is 5.02 Å². The third kappa shape index (κ3) is 5.40. The van der Waals surface area contributed by atoms with Gasteiger partial charge in [0.05, 0.1) is 18.2 Å². The van der Waals surface area contributed by atoms with E-state index in [1.54, 1.807) is 7.11 Å². The minimum atomic E-state index is 0.170. The molecule has 0 saturated heterocycles. The predicted octanol–water partition coefficient (Wildman–Crippen LogP) is 6.35. The molecule has 0 aromatic heterocycles. The molecule has 4 heteroatoms. The maximum Gasteiger partial charge on any atom is 0.138 e. The van der Waals surface area contributed by atoms with Crippen LogP contribution in [0.15, 0.2) is 47.5 Å². The Balaban J connectivity index is 1.91. The van der Waals surface area contributed by atoms with Crippen LogP contribution >= 0.6 is 11.6 Å². The monoisotopic (exact) mass is 413 g/mol. The lowest BCUT2D eigenvalue weighted by Crippen LogP contribution is -2.34. The van der Waals surface area contributed by atoms with Crippen LogP contribution in [-0.4, -0.2) is 26.0 Å². The molecule has 0 heterocycles. The van der Waals surface area contributed by atoms with Crippen LogP contribution in [0.1, 0.15) is 50.3 Å². The molecule has 29 heavy (non-hydrogen) atoms. The maximum absolute atomic E-state index is 6.58. The molecule has 0 fully saturated rings. The first-order chi connectivity index (χ1) is 13.9. The maximum atomic E-state index is 6.58. The molecule has 3 rings (SSSR count). The first-order valence-corrected chi connectivity index (χ1v) is 10.8. The summed E-state index contributed by atoms with van der Waals surface area (Å²) in [4.78, 5) is 5.03. The van der Waals surface area contributed by atoms with E-state index < -0.39 is 0 Å². The van der Waals surface area contributed by atoms with Gasteiger partial charge in [-0.1, -0.05) is 62.7 Å². The number of fused-ring (bicyclic) bond motifs is 1. The minimum Gasteiger partial charge on any atom is -0.492 e. The molecule has 1 atom stereocenters. The summed E-state index contributed by atoms with van der Waals surface area (Å²) in [7, 11) is 1.70. The van der Waals surface area contributed by atoms with E-state index in [2.05, 4.69) is 51.1 Å². The van der Waals surface area contributed by atoms with E-state index in [0.29, 0.717) is 30.7 Å². The standard InChI is InChI=1S/C25H32ClNO2/c1-18(2)25(3)15-20-13-24(29-12-8-11-28-4)22(26)14-21(20)23(16-25)27-17-19-9-6-5-7-10-19/h5-7,9-10,13-14,18H,8,11-12,15-17H2,1-4H3. The molecule has 0 saturated carbocycles. The summed E-state index contributed by atoms with van der Waals surface area (Å²) in [5.74, 6) is 1.32. The second-order valence-corrected chi connectivity index (χ2v) is 8.95. The van der Waals surface area contributed by atoms with E-state index >= 15 is 0 Å². The van der Waals surface area contributed by atoms with Crippen LogP contribution in [0.3, 0.4) is 0 Å². The molecule has 0 radical (unpaired) electrons. The highest BCUT2D eigenvalue weighted by Gasteiger charge is 2.36. The molecule has 156 valence electrons. The summed E-state index contributed by atoms with van der Waals surface area (Å²) in [6.07, 6.45) is 2.82. The van der Waals surface area contributed by atoms with Crippen LogP contribution < -0.4 is 4.74 Å². The molecule has 0 aliphatic heterocycles. The van der Waals surface area contributed by atoms with Crippen molar-refractivity contribution in [3.63, 3.8) is 0 Å². The van der Waals surface area contributed by atoms with Crippen LogP contribution in [-0.2, 0) is 17.7 Å². The zero-order valence-electron chi connectivity index (χ0n) is 18.0. The number of hydrogen-bond acceptors (Lipinski definition) is 3. The van der Waals surface area contributed by atoms with E-state index in [1.807, 2.05) is 12.1 Å². The Kier molecular flexibility index (Phi) is 7.37. The van der Waals surface area contributed by atoms with Crippen molar-refractivity contribution in [3.8, 4) is 5.75 Å². The van der Waals surface area contributed by atoms with E-state index in [4.69, 9.17) is 26.1 Å². The molecular formula is C25H32ClNO2. The Bertz CT molecular complexity index is 847. The fourth-order valence-corrected chi connectivity index (χ4v) is 4.02. The van der Waals surface area contributed by atoms with Gasteiger partial charge in [-0.2, -0.15) is 0 Å². The van der Waals surface area contributed by atoms with Crippen LogP contribution in [0, 0.1) is 11.3 Å². The van der Waals surface area contributed by atoms with Gasteiger partial charge in [0.15, 0.2) is 0 Å². The lowest BCUT2D eigenvalue weighted by atomic mass is 9.66. The largest absolute Gasteiger partial charge is 0.492 e. The fourth-order valence-electron chi connectivity index (χ4n) is 3.80. The normalized spacial score (nSPS) is 20.1.